The standard InChI is InChI=1S/C7H9.ClH/c1-6-3-4-7(2)5-6;/h3-5H,1-2H3;1H/q+1;/p-1. The molecule has 0 amide bonds. The van der Waals surface area contributed by atoms with Gasteiger partial charge >= 0.3 is 0 Å². The molecule has 0 aromatic heterocycles. The second-order valence-electron chi connectivity index (χ2n) is 1.97. The summed E-state index contributed by atoms with van der Waals surface area (Å²) in [6.45, 7) is 4.21. The van der Waals surface area contributed by atoms with Crippen LogP contribution in [0.25, 0.3) is 0 Å². The molecule has 0 heterocycles. The van der Waals surface area contributed by atoms with Gasteiger partial charge in [-0.3, -0.25) is 0 Å². The summed E-state index contributed by atoms with van der Waals surface area (Å²) in [5.41, 5.74) is 2.72. The zero-order valence-electron chi connectivity index (χ0n) is 5.11. The van der Waals surface area contributed by atoms with Crippen molar-refractivity contribution in [2.75, 3.05) is 0 Å². The molecule has 0 aromatic carbocycles. The molecule has 0 nitrogen and oxygen atoms in total. The summed E-state index contributed by atoms with van der Waals surface area (Å²) in [5, 5.41) is 0. The molecule has 0 aliphatic heterocycles. The Morgan fingerprint density at radius 3 is 2.12 bits per heavy atom. The summed E-state index contributed by atoms with van der Waals surface area (Å²) in [5.74, 6) is 0. The summed E-state index contributed by atoms with van der Waals surface area (Å²) in [6, 6.07) is 0. The number of rotatable bonds is 0. The summed E-state index contributed by atoms with van der Waals surface area (Å²) in [7, 11) is 0. The molecule has 1 rings (SSSR count). The molecule has 0 unspecified atom stereocenters. The van der Waals surface area contributed by atoms with E-state index in [-0.39, 0.29) is 12.4 Å². The van der Waals surface area contributed by atoms with Gasteiger partial charge in [0.1, 0.15) is 0 Å². The van der Waals surface area contributed by atoms with Crippen molar-refractivity contribution in [2.24, 2.45) is 0 Å². The van der Waals surface area contributed by atoms with Gasteiger partial charge in [-0.25, -0.2) is 0 Å². The monoisotopic (exact) mass is 128 g/mol. The Bertz CT molecular complexity index is 131. The van der Waals surface area contributed by atoms with Crippen LogP contribution in [0.3, 0.4) is 0 Å². The molecule has 0 radical (unpaired) electrons. The zero-order valence-corrected chi connectivity index (χ0v) is 5.87. The van der Waals surface area contributed by atoms with Crippen molar-refractivity contribution in [2.45, 2.75) is 13.8 Å². The molecular weight excluding hydrogens is 120 g/mol. The lowest BCUT2D eigenvalue weighted by atomic mass is 10.3. The lowest BCUT2D eigenvalue weighted by Gasteiger charge is -1.68. The first-order valence-electron chi connectivity index (χ1n) is 2.49. The van der Waals surface area contributed by atoms with E-state index in [0.717, 1.165) is 0 Å². The van der Waals surface area contributed by atoms with E-state index in [4.69, 9.17) is 0 Å². The van der Waals surface area contributed by atoms with Crippen LogP contribution in [0, 0.1) is 6.42 Å². The van der Waals surface area contributed by atoms with Crippen molar-refractivity contribution < 1.29 is 12.4 Å². The van der Waals surface area contributed by atoms with Crippen LogP contribution < -0.4 is 12.4 Å². The van der Waals surface area contributed by atoms with Gasteiger partial charge in [-0.05, 0) is 6.92 Å². The summed E-state index contributed by atoms with van der Waals surface area (Å²) < 4.78 is 0. The topological polar surface area (TPSA) is 0 Å². The molecule has 44 valence electrons. The van der Waals surface area contributed by atoms with Crippen molar-refractivity contribution in [3.8, 4) is 0 Å². The van der Waals surface area contributed by atoms with E-state index >= 15 is 0 Å². The van der Waals surface area contributed by atoms with Crippen molar-refractivity contribution in [1.29, 1.82) is 0 Å². The first-order valence-corrected chi connectivity index (χ1v) is 2.49. The predicted molar refractivity (Wildman–Crippen MR) is 31.8 cm³/mol. The third-order valence-electron chi connectivity index (χ3n) is 1.06. The first-order chi connectivity index (χ1) is 3.29. The Balaban J connectivity index is 0.000000490. The Labute approximate surface area is 56.7 Å². The highest BCUT2D eigenvalue weighted by molar-refractivity contribution is 5.38. The molecule has 8 heavy (non-hydrogen) atoms. The van der Waals surface area contributed by atoms with Crippen molar-refractivity contribution in [3.05, 3.63) is 29.7 Å². The molecule has 0 saturated heterocycles. The molecule has 0 atom stereocenters. The maximum atomic E-state index is 2.17. The minimum atomic E-state index is 0. The maximum absolute atomic E-state index is 2.17. The lowest BCUT2D eigenvalue weighted by molar-refractivity contribution is -0.00000156. The van der Waals surface area contributed by atoms with Gasteiger partial charge in [0.15, 0.2) is 0 Å². The highest BCUT2D eigenvalue weighted by Crippen LogP contribution is 2.13. The molecular formula is C7H9Cl. The van der Waals surface area contributed by atoms with Gasteiger partial charge < -0.3 is 12.4 Å². The van der Waals surface area contributed by atoms with Crippen LogP contribution in [0.4, 0.5) is 0 Å². The predicted octanol–water partition coefficient (Wildman–Crippen LogP) is -0.899. The molecule has 1 aliphatic carbocycles. The molecule has 0 N–H and O–H groups in total. The van der Waals surface area contributed by atoms with Gasteiger partial charge in [0.25, 0.3) is 0 Å². The van der Waals surface area contributed by atoms with Crippen LogP contribution >= 0.6 is 0 Å². The molecule has 0 bridgehead atoms. The fourth-order valence-electron chi connectivity index (χ4n) is 0.718. The van der Waals surface area contributed by atoms with Gasteiger partial charge in [-0.15, -0.1) is 0 Å². The van der Waals surface area contributed by atoms with Crippen molar-refractivity contribution in [3.63, 3.8) is 0 Å². The minimum absolute atomic E-state index is 0. The van der Waals surface area contributed by atoms with E-state index in [9.17, 15) is 0 Å². The first kappa shape index (κ1) is 7.64. The Morgan fingerprint density at radius 2 is 2.00 bits per heavy atom. The molecule has 1 heteroatoms. The van der Waals surface area contributed by atoms with Gasteiger partial charge in [0.05, 0.1) is 23.3 Å². The quantitative estimate of drug-likeness (QED) is 0.371. The van der Waals surface area contributed by atoms with Crippen LogP contribution in [0.1, 0.15) is 13.8 Å². The average Bonchev–Trinajstić information content (AvgIpc) is 1.87. The minimum Gasteiger partial charge on any atom is -1.00 e. The third kappa shape index (κ3) is 1.63. The number of allylic oxidation sites excluding steroid dienone is 4. The van der Waals surface area contributed by atoms with E-state index in [0.29, 0.717) is 0 Å². The molecule has 1 aliphatic rings. The average molecular weight is 129 g/mol. The normalized spacial score (nSPS) is 15.8. The zero-order chi connectivity index (χ0) is 5.28. The largest absolute Gasteiger partial charge is 1.00 e. The maximum Gasteiger partial charge on any atom is 0.0903 e. The van der Waals surface area contributed by atoms with Crippen LogP contribution in [0.15, 0.2) is 23.3 Å². The van der Waals surface area contributed by atoms with E-state index in [1.54, 1.807) is 0 Å². The molecule has 0 aromatic rings. The van der Waals surface area contributed by atoms with Crippen LogP contribution in [-0.4, -0.2) is 0 Å². The highest BCUT2D eigenvalue weighted by atomic mass is 35.5. The smallest absolute Gasteiger partial charge is 0.0903 e. The van der Waals surface area contributed by atoms with Gasteiger partial charge in [-0.1, -0.05) is 0 Å². The van der Waals surface area contributed by atoms with Gasteiger partial charge in [0, 0.05) is 13.3 Å². The third-order valence-corrected chi connectivity index (χ3v) is 1.06. The molecule has 0 fully saturated rings. The second-order valence-corrected chi connectivity index (χ2v) is 1.97. The number of hydrogen-bond donors (Lipinski definition) is 0. The Hall–Kier alpha value is -0.360. The number of hydrogen-bond acceptors (Lipinski definition) is 0. The second kappa shape index (κ2) is 2.83. The van der Waals surface area contributed by atoms with Crippen LogP contribution in [-0.2, 0) is 0 Å². The fraction of sp³-hybridized carbons (Fsp3) is 0.286. The summed E-state index contributed by atoms with van der Waals surface area (Å²) in [6.07, 6.45) is 6.41. The van der Waals surface area contributed by atoms with Crippen molar-refractivity contribution >= 4 is 0 Å². The van der Waals surface area contributed by atoms with E-state index in [1.807, 2.05) is 0 Å². The SMILES string of the molecule is CC1=C[CH+]C(C)=C1.[Cl-]. The molecule has 0 saturated carbocycles. The Kier molecular flexibility index (Phi) is 2.70. The van der Waals surface area contributed by atoms with E-state index < -0.39 is 0 Å². The van der Waals surface area contributed by atoms with Gasteiger partial charge in [-0.2, -0.15) is 0 Å². The fourth-order valence-corrected chi connectivity index (χ4v) is 0.718. The van der Waals surface area contributed by atoms with Crippen molar-refractivity contribution in [1.82, 2.24) is 0 Å². The van der Waals surface area contributed by atoms with Crippen LogP contribution in [0.5, 0.6) is 0 Å². The summed E-state index contributed by atoms with van der Waals surface area (Å²) >= 11 is 0. The van der Waals surface area contributed by atoms with Gasteiger partial charge in [0.2, 0.25) is 0 Å². The highest BCUT2D eigenvalue weighted by Gasteiger charge is 2.05. The molecule has 0 spiro atoms. The van der Waals surface area contributed by atoms with E-state index in [2.05, 4.69) is 32.4 Å². The number of halogens is 1. The van der Waals surface area contributed by atoms with Crippen LogP contribution in [0.2, 0.25) is 0 Å². The lowest BCUT2D eigenvalue weighted by Crippen LogP contribution is -3.00. The van der Waals surface area contributed by atoms with E-state index in [1.165, 1.54) is 11.1 Å². The Morgan fingerprint density at radius 1 is 1.38 bits per heavy atom. The summed E-state index contributed by atoms with van der Waals surface area (Å²) in [4.78, 5) is 0.